The van der Waals surface area contributed by atoms with Gasteiger partial charge in [0.15, 0.2) is 0 Å². The Labute approximate surface area is 122 Å². The second-order valence-electron chi connectivity index (χ2n) is 4.54. The quantitative estimate of drug-likeness (QED) is 0.845. The molecule has 3 nitrogen and oxygen atoms in total. The lowest BCUT2D eigenvalue weighted by Gasteiger charge is -2.21. The number of aromatic nitrogens is 1. The molecule has 0 saturated carbocycles. The average molecular weight is 321 g/mol. The van der Waals surface area contributed by atoms with E-state index in [1.807, 2.05) is 62.0 Å². The first-order chi connectivity index (χ1) is 9.02. The highest BCUT2D eigenvalue weighted by atomic mass is 79.9. The number of hydrogen-bond acceptors (Lipinski definition) is 1. The summed E-state index contributed by atoms with van der Waals surface area (Å²) >= 11 is 3.40. The van der Waals surface area contributed by atoms with Crippen LogP contribution in [-0.2, 0) is 7.05 Å². The van der Waals surface area contributed by atoms with Crippen molar-refractivity contribution < 1.29 is 4.79 Å². The molecule has 19 heavy (non-hydrogen) atoms. The number of nitrogens with zero attached hydrogens (tertiary/aromatic N) is 2. The number of benzene rings is 1. The third kappa shape index (κ3) is 2.89. The fourth-order valence-electron chi connectivity index (χ4n) is 2.04. The van der Waals surface area contributed by atoms with Crippen LogP contribution < -0.4 is 4.90 Å². The van der Waals surface area contributed by atoms with Crippen LogP contribution in [0.2, 0.25) is 0 Å². The highest BCUT2D eigenvalue weighted by Gasteiger charge is 2.19. The molecule has 0 aliphatic rings. The van der Waals surface area contributed by atoms with Gasteiger partial charge in [-0.15, -0.1) is 0 Å². The summed E-state index contributed by atoms with van der Waals surface area (Å²) in [7, 11) is 1.88. The van der Waals surface area contributed by atoms with Crippen molar-refractivity contribution in [3.63, 3.8) is 0 Å². The molecule has 0 saturated heterocycles. The van der Waals surface area contributed by atoms with Crippen LogP contribution in [0.4, 0.5) is 5.69 Å². The van der Waals surface area contributed by atoms with Crippen LogP contribution in [0.5, 0.6) is 0 Å². The fraction of sp³-hybridized carbons (Fsp3) is 0.267. The molecule has 4 heteroatoms. The van der Waals surface area contributed by atoms with E-state index in [1.165, 1.54) is 5.56 Å². The van der Waals surface area contributed by atoms with Gasteiger partial charge in [-0.25, -0.2) is 0 Å². The lowest BCUT2D eigenvalue weighted by atomic mass is 10.2. The fourth-order valence-corrected chi connectivity index (χ4v) is 2.57. The predicted octanol–water partition coefficient (Wildman–Crippen LogP) is 3.76. The number of aryl methyl sites for hydroxylation is 2. The minimum Gasteiger partial charge on any atom is -0.345 e. The zero-order valence-electron chi connectivity index (χ0n) is 11.4. The maximum atomic E-state index is 12.6. The van der Waals surface area contributed by atoms with E-state index in [0.29, 0.717) is 12.2 Å². The van der Waals surface area contributed by atoms with Gasteiger partial charge >= 0.3 is 0 Å². The maximum Gasteiger partial charge on any atom is 0.274 e. The summed E-state index contributed by atoms with van der Waals surface area (Å²) in [6.45, 7) is 4.66. The summed E-state index contributed by atoms with van der Waals surface area (Å²) in [6, 6.07) is 9.85. The molecule has 1 heterocycles. The van der Waals surface area contributed by atoms with Crippen molar-refractivity contribution in [1.82, 2.24) is 4.57 Å². The predicted molar refractivity (Wildman–Crippen MR) is 81.6 cm³/mol. The van der Waals surface area contributed by atoms with Gasteiger partial charge in [-0.2, -0.15) is 0 Å². The van der Waals surface area contributed by atoms with E-state index in [1.54, 1.807) is 4.90 Å². The number of carbonyl (C=O) groups excluding carboxylic acids is 1. The minimum atomic E-state index is 0.0135. The van der Waals surface area contributed by atoms with Crippen molar-refractivity contribution in [3.8, 4) is 0 Å². The summed E-state index contributed by atoms with van der Waals surface area (Å²) in [5, 5.41) is 0. The first-order valence-corrected chi connectivity index (χ1v) is 7.02. The van der Waals surface area contributed by atoms with Crippen LogP contribution in [0.3, 0.4) is 0 Å². The van der Waals surface area contributed by atoms with E-state index in [9.17, 15) is 4.79 Å². The Balaban J connectivity index is 2.34. The van der Waals surface area contributed by atoms with Gasteiger partial charge in [0.1, 0.15) is 5.69 Å². The topological polar surface area (TPSA) is 25.2 Å². The Bertz CT molecular complexity index is 587. The van der Waals surface area contributed by atoms with E-state index >= 15 is 0 Å². The Morgan fingerprint density at radius 2 is 1.95 bits per heavy atom. The third-order valence-corrected chi connectivity index (χ3v) is 3.53. The van der Waals surface area contributed by atoms with Crippen LogP contribution in [-0.4, -0.2) is 17.0 Å². The Hall–Kier alpha value is -1.55. The molecule has 0 aliphatic carbocycles. The van der Waals surface area contributed by atoms with Crippen LogP contribution in [0, 0.1) is 6.92 Å². The normalized spacial score (nSPS) is 10.5. The van der Waals surface area contributed by atoms with Gasteiger partial charge in [0.05, 0.1) is 0 Å². The molecule has 100 valence electrons. The first-order valence-electron chi connectivity index (χ1n) is 6.23. The summed E-state index contributed by atoms with van der Waals surface area (Å²) in [4.78, 5) is 14.4. The second-order valence-corrected chi connectivity index (χ2v) is 5.46. The molecule has 1 amide bonds. The minimum absolute atomic E-state index is 0.0135. The smallest absolute Gasteiger partial charge is 0.274 e. The van der Waals surface area contributed by atoms with Crippen LogP contribution in [0.1, 0.15) is 23.0 Å². The van der Waals surface area contributed by atoms with Gasteiger partial charge < -0.3 is 9.47 Å². The number of halogens is 1. The maximum absolute atomic E-state index is 12.6. The van der Waals surface area contributed by atoms with Gasteiger partial charge in [0.2, 0.25) is 0 Å². The SMILES string of the molecule is CCN(C(=O)c1cc(Br)cn1C)c1ccc(C)cc1. The number of amides is 1. The van der Waals surface area contributed by atoms with Gasteiger partial charge in [-0.3, -0.25) is 4.79 Å². The molecular weight excluding hydrogens is 304 g/mol. The summed E-state index contributed by atoms with van der Waals surface area (Å²) in [5.74, 6) is 0.0135. The van der Waals surface area contributed by atoms with Crippen molar-refractivity contribution in [2.75, 3.05) is 11.4 Å². The molecule has 0 bridgehead atoms. The van der Waals surface area contributed by atoms with Crippen molar-refractivity contribution in [2.24, 2.45) is 7.05 Å². The lowest BCUT2D eigenvalue weighted by molar-refractivity contribution is 0.0980. The zero-order valence-corrected chi connectivity index (χ0v) is 12.9. The van der Waals surface area contributed by atoms with Crippen LogP contribution in [0.15, 0.2) is 41.0 Å². The summed E-state index contributed by atoms with van der Waals surface area (Å²) in [6.07, 6.45) is 1.89. The summed E-state index contributed by atoms with van der Waals surface area (Å²) < 4.78 is 2.75. The number of hydrogen-bond donors (Lipinski definition) is 0. The molecule has 0 unspecified atom stereocenters. The molecule has 0 atom stereocenters. The van der Waals surface area contributed by atoms with Crippen molar-refractivity contribution in [3.05, 3.63) is 52.3 Å². The van der Waals surface area contributed by atoms with Crippen molar-refractivity contribution in [2.45, 2.75) is 13.8 Å². The number of carbonyl (C=O) groups is 1. The van der Waals surface area contributed by atoms with E-state index in [4.69, 9.17) is 0 Å². The Kier molecular flexibility index (Phi) is 4.10. The van der Waals surface area contributed by atoms with Crippen LogP contribution in [0.25, 0.3) is 0 Å². The molecule has 0 N–H and O–H groups in total. The highest BCUT2D eigenvalue weighted by molar-refractivity contribution is 9.10. The molecular formula is C15H17BrN2O. The van der Waals surface area contributed by atoms with Gasteiger partial charge in [0, 0.05) is 29.9 Å². The Morgan fingerprint density at radius 1 is 1.32 bits per heavy atom. The molecule has 0 fully saturated rings. The molecule has 1 aromatic heterocycles. The Morgan fingerprint density at radius 3 is 2.42 bits per heavy atom. The third-order valence-electron chi connectivity index (χ3n) is 3.10. The molecule has 2 aromatic rings. The van der Waals surface area contributed by atoms with Gasteiger partial charge in [-0.05, 0) is 48.0 Å². The van der Waals surface area contributed by atoms with Crippen molar-refractivity contribution >= 4 is 27.5 Å². The monoisotopic (exact) mass is 320 g/mol. The van der Waals surface area contributed by atoms with Crippen molar-refractivity contribution in [1.29, 1.82) is 0 Å². The standard InChI is InChI=1S/C15H17BrN2O/c1-4-18(13-7-5-11(2)6-8-13)15(19)14-9-12(16)10-17(14)3/h5-10H,4H2,1-3H3. The first kappa shape index (κ1) is 13.9. The van der Waals surface area contributed by atoms with E-state index in [-0.39, 0.29) is 5.91 Å². The largest absolute Gasteiger partial charge is 0.345 e. The molecule has 1 aromatic carbocycles. The van der Waals surface area contributed by atoms with E-state index in [0.717, 1.165) is 10.2 Å². The summed E-state index contributed by atoms with van der Waals surface area (Å²) in [5.41, 5.74) is 2.79. The molecule has 2 rings (SSSR count). The highest BCUT2D eigenvalue weighted by Crippen LogP contribution is 2.20. The lowest BCUT2D eigenvalue weighted by Crippen LogP contribution is -2.31. The second kappa shape index (κ2) is 5.61. The molecule has 0 aliphatic heterocycles. The van der Waals surface area contributed by atoms with Gasteiger partial charge in [-0.1, -0.05) is 17.7 Å². The van der Waals surface area contributed by atoms with Gasteiger partial charge in [0.25, 0.3) is 5.91 Å². The molecule has 0 radical (unpaired) electrons. The van der Waals surface area contributed by atoms with Crippen LogP contribution >= 0.6 is 15.9 Å². The van der Waals surface area contributed by atoms with E-state index < -0.39 is 0 Å². The average Bonchev–Trinajstić information content (AvgIpc) is 2.71. The number of rotatable bonds is 3. The molecule has 0 spiro atoms. The number of anilines is 1. The zero-order chi connectivity index (χ0) is 14.0. The van der Waals surface area contributed by atoms with E-state index in [2.05, 4.69) is 15.9 Å².